The number of nitrogens with zero attached hydrogens (tertiary/aromatic N) is 6. The number of aromatic nitrogens is 4. The van der Waals surface area contributed by atoms with E-state index >= 15 is 0 Å². The fraction of sp³-hybridized carbons (Fsp3) is 0.300. The van der Waals surface area contributed by atoms with Gasteiger partial charge >= 0.3 is 0 Å². The van der Waals surface area contributed by atoms with E-state index in [-0.39, 0.29) is 0 Å². The van der Waals surface area contributed by atoms with Gasteiger partial charge in [0.15, 0.2) is 5.82 Å². The van der Waals surface area contributed by atoms with Gasteiger partial charge in [-0.2, -0.15) is 0 Å². The molecule has 2 aromatic heterocycles. The predicted molar refractivity (Wildman–Crippen MR) is 102 cm³/mol. The Hall–Kier alpha value is -2.86. The fourth-order valence-electron chi connectivity index (χ4n) is 3.21. The number of anilines is 1. The van der Waals surface area contributed by atoms with Gasteiger partial charge in [0.1, 0.15) is 0 Å². The highest BCUT2D eigenvalue weighted by Gasteiger charge is 2.17. The maximum atomic E-state index is 4.53. The first-order valence-corrected chi connectivity index (χ1v) is 8.99. The molecule has 3 aromatic rings. The van der Waals surface area contributed by atoms with Crippen LogP contribution in [-0.2, 0) is 6.54 Å². The van der Waals surface area contributed by atoms with Crippen molar-refractivity contribution in [1.29, 1.82) is 0 Å². The van der Waals surface area contributed by atoms with Crippen LogP contribution in [0.4, 0.5) is 5.95 Å². The van der Waals surface area contributed by atoms with Gasteiger partial charge in [-0.15, -0.1) is 0 Å². The summed E-state index contributed by atoms with van der Waals surface area (Å²) < 4.78 is 0. The number of hydrogen-bond donors (Lipinski definition) is 0. The highest BCUT2D eigenvalue weighted by atomic mass is 15.3. The summed E-state index contributed by atoms with van der Waals surface area (Å²) in [6.07, 6.45) is 8.59. The average Bonchev–Trinajstić information content (AvgIpc) is 2.96. The zero-order chi connectivity index (χ0) is 17.6. The van der Waals surface area contributed by atoms with Gasteiger partial charge in [0.25, 0.3) is 0 Å². The molecule has 1 aliphatic heterocycles. The Kier molecular flexibility index (Phi) is 5.12. The Morgan fingerprint density at radius 3 is 2.31 bits per heavy atom. The lowest BCUT2D eigenvalue weighted by atomic mass is 10.2. The second kappa shape index (κ2) is 8.01. The van der Waals surface area contributed by atoms with Crippen LogP contribution in [0.1, 0.15) is 12.0 Å². The molecule has 1 aromatic carbocycles. The lowest BCUT2D eigenvalue weighted by Crippen LogP contribution is -2.31. The zero-order valence-electron chi connectivity index (χ0n) is 14.7. The number of benzene rings is 1. The van der Waals surface area contributed by atoms with Crippen molar-refractivity contribution in [2.75, 3.05) is 31.1 Å². The molecule has 0 radical (unpaired) electrons. The molecular weight excluding hydrogens is 324 g/mol. The van der Waals surface area contributed by atoms with E-state index in [0.717, 1.165) is 62.0 Å². The Morgan fingerprint density at radius 2 is 1.54 bits per heavy atom. The van der Waals surface area contributed by atoms with Gasteiger partial charge in [0.05, 0.1) is 0 Å². The van der Waals surface area contributed by atoms with Gasteiger partial charge in [-0.3, -0.25) is 4.90 Å². The highest BCUT2D eigenvalue weighted by Crippen LogP contribution is 2.15. The van der Waals surface area contributed by atoms with Crippen molar-refractivity contribution in [3.63, 3.8) is 0 Å². The van der Waals surface area contributed by atoms with E-state index in [1.54, 1.807) is 12.4 Å². The molecule has 132 valence electrons. The molecule has 6 nitrogen and oxygen atoms in total. The third-order valence-corrected chi connectivity index (χ3v) is 4.57. The van der Waals surface area contributed by atoms with Crippen molar-refractivity contribution >= 4 is 5.95 Å². The van der Waals surface area contributed by atoms with Gasteiger partial charge < -0.3 is 4.90 Å². The molecule has 0 amide bonds. The van der Waals surface area contributed by atoms with Crippen molar-refractivity contribution in [3.8, 4) is 11.4 Å². The lowest BCUT2D eigenvalue weighted by molar-refractivity contribution is 0.285. The average molecular weight is 346 g/mol. The molecule has 1 saturated heterocycles. The maximum Gasteiger partial charge on any atom is 0.225 e. The molecule has 0 bridgehead atoms. The second-order valence-corrected chi connectivity index (χ2v) is 6.45. The van der Waals surface area contributed by atoms with Crippen LogP contribution >= 0.6 is 0 Å². The van der Waals surface area contributed by atoms with Crippen LogP contribution in [0.2, 0.25) is 0 Å². The standard InChI is InChI=1S/C20H22N6/c1-2-6-18(7-3-1)19-23-14-17(15-24-19)16-25-10-5-11-26(13-12-25)20-21-8-4-9-22-20/h1-4,6-9,14-15H,5,10-13,16H2. The summed E-state index contributed by atoms with van der Waals surface area (Å²) >= 11 is 0. The van der Waals surface area contributed by atoms with Crippen molar-refractivity contribution in [3.05, 3.63) is 66.7 Å². The molecule has 1 fully saturated rings. The van der Waals surface area contributed by atoms with Crippen LogP contribution in [0.25, 0.3) is 11.4 Å². The molecular formula is C20H22N6. The zero-order valence-corrected chi connectivity index (χ0v) is 14.7. The first-order valence-electron chi connectivity index (χ1n) is 8.99. The minimum absolute atomic E-state index is 0.776. The van der Waals surface area contributed by atoms with E-state index in [1.165, 1.54) is 0 Å². The van der Waals surface area contributed by atoms with E-state index in [0.29, 0.717) is 0 Å². The minimum Gasteiger partial charge on any atom is -0.339 e. The van der Waals surface area contributed by atoms with E-state index in [9.17, 15) is 0 Å². The normalized spacial score (nSPS) is 15.6. The van der Waals surface area contributed by atoms with Crippen molar-refractivity contribution in [1.82, 2.24) is 24.8 Å². The Labute approximate surface area is 153 Å². The van der Waals surface area contributed by atoms with Crippen molar-refractivity contribution < 1.29 is 0 Å². The monoisotopic (exact) mass is 346 g/mol. The Balaban J connectivity index is 1.37. The molecule has 0 aliphatic carbocycles. The predicted octanol–water partition coefficient (Wildman–Crippen LogP) is 2.65. The molecule has 0 N–H and O–H groups in total. The van der Waals surface area contributed by atoms with E-state index in [1.807, 2.05) is 48.8 Å². The van der Waals surface area contributed by atoms with Gasteiger partial charge in [0.2, 0.25) is 5.95 Å². The topological polar surface area (TPSA) is 58.0 Å². The maximum absolute atomic E-state index is 4.53. The van der Waals surface area contributed by atoms with Crippen LogP contribution in [0, 0.1) is 0 Å². The molecule has 6 heteroatoms. The Bertz CT molecular complexity index is 807. The van der Waals surface area contributed by atoms with Crippen molar-refractivity contribution in [2.45, 2.75) is 13.0 Å². The summed E-state index contributed by atoms with van der Waals surface area (Å²) in [7, 11) is 0. The van der Waals surface area contributed by atoms with Gasteiger partial charge in [-0.05, 0) is 12.5 Å². The molecule has 0 spiro atoms. The van der Waals surface area contributed by atoms with Gasteiger partial charge in [0, 0.05) is 68.6 Å². The quantitative estimate of drug-likeness (QED) is 0.724. The van der Waals surface area contributed by atoms with Crippen LogP contribution < -0.4 is 4.90 Å². The number of hydrogen-bond acceptors (Lipinski definition) is 6. The van der Waals surface area contributed by atoms with E-state index in [2.05, 4.69) is 29.7 Å². The molecule has 3 heterocycles. The highest BCUT2D eigenvalue weighted by molar-refractivity contribution is 5.53. The summed E-state index contributed by atoms with van der Waals surface area (Å²) in [5.74, 6) is 1.60. The van der Waals surface area contributed by atoms with E-state index < -0.39 is 0 Å². The summed E-state index contributed by atoms with van der Waals surface area (Å²) in [5.41, 5.74) is 2.20. The Morgan fingerprint density at radius 1 is 0.769 bits per heavy atom. The molecule has 0 saturated carbocycles. The van der Waals surface area contributed by atoms with Gasteiger partial charge in [-0.1, -0.05) is 30.3 Å². The van der Waals surface area contributed by atoms with Crippen molar-refractivity contribution in [2.24, 2.45) is 0 Å². The number of rotatable bonds is 4. The lowest BCUT2D eigenvalue weighted by Gasteiger charge is -2.21. The van der Waals surface area contributed by atoms with E-state index in [4.69, 9.17) is 0 Å². The summed E-state index contributed by atoms with van der Waals surface area (Å²) in [6.45, 7) is 4.85. The largest absolute Gasteiger partial charge is 0.339 e. The third kappa shape index (κ3) is 4.03. The van der Waals surface area contributed by atoms with Crippen LogP contribution in [-0.4, -0.2) is 51.0 Å². The molecule has 0 atom stereocenters. The summed E-state index contributed by atoms with van der Waals surface area (Å²) in [6, 6.07) is 11.9. The van der Waals surface area contributed by atoms with Crippen LogP contribution in [0.15, 0.2) is 61.2 Å². The van der Waals surface area contributed by atoms with Crippen LogP contribution in [0.5, 0.6) is 0 Å². The summed E-state index contributed by atoms with van der Waals surface area (Å²) in [4.78, 5) is 22.5. The fourth-order valence-corrected chi connectivity index (χ4v) is 3.21. The summed E-state index contributed by atoms with van der Waals surface area (Å²) in [5, 5.41) is 0. The smallest absolute Gasteiger partial charge is 0.225 e. The first-order chi connectivity index (χ1) is 12.9. The molecule has 4 rings (SSSR count). The van der Waals surface area contributed by atoms with Gasteiger partial charge in [-0.25, -0.2) is 19.9 Å². The SMILES string of the molecule is c1ccc(-c2ncc(CN3CCCN(c4ncccn4)CC3)cn2)cc1. The first kappa shape index (κ1) is 16.6. The second-order valence-electron chi connectivity index (χ2n) is 6.45. The molecule has 26 heavy (non-hydrogen) atoms. The molecule has 1 aliphatic rings. The van der Waals surface area contributed by atoms with Crippen LogP contribution in [0.3, 0.4) is 0 Å². The molecule has 0 unspecified atom stereocenters. The third-order valence-electron chi connectivity index (χ3n) is 4.57. The minimum atomic E-state index is 0.776.